The zero-order valence-corrected chi connectivity index (χ0v) is 9.79. The first-order chi connectivity index (χ1) is 7.48. The molecule has 3 N–H and O–H groups in total. The molecule has 0 amide bonds. The van der Waals surface area contributed by atoms with Crippen LogP contribution in [0.1, 0.15) is 36.2 Å². The first kappa shape index (κ1) is 13.5. The van der Waals surface area contributed by atoms with E-state index in [2.05, 4.69) is 5.43 Å². The maximum atomic E-state index is 12.1. The van der Waals surface area contributed by atoms with Gasteiger partial charge in [0.25, 0.3) is 0 Å². The normalized spacial score (nSPS) is 14.1. The lowest BCUT2D eigenvalue weighted by Gasteiger charge is -2.17. The molecule has 0 aromatic carbocycles. The third-order valence-corrected chi connectivity index (χ3v) is 3.47. The average molecular weight is 252 g/mol. The minimum Gasteiger partial charge on any atom is -0.271 e. The van der Waals surface area contributed by atoms with Gasteiger partial charge in [0.1, 0.15) is 0 Å². The Morgan fingerprint density at radius 1 is 1.50 bits per heavy atom. The molecule has 0 fully saturated rings. The van der Waals surface area contributed by atoms with Gasteiger partial charge in [0.15, 0.2) is 0 Å². The summed E-state index contributed by atoms with van der Waals surface area (Å²) < 4.78 is 36.3. The molecule has 0 aliphatic rings. The average Bonchev–Trinajstić information content (AvgIpc) is 2.65. The standard InChI is InChI=1S/C10H15F3N2S/c1-2-7-4-6-16-9(7)8(15-14)3-5-10(11,12)13/h4,6,8,15H,2-3,5,14H2,1H3. The minimum atomic E-state index is -4.13. The second-order valence-electron chi connectivity index (χ2n) is 3.54. The van der Waals surface area contributed by atoms with E-state index >= 15 is 0 Å². The van der Waals surface area contributed by atoms with Crippen molar-refractivity contribution in [1.29, 1.82) is 0 Å². The maximum Gasteiger partial charge on any atom is 0.389 e. The number of hydrogen-bond acceptors (Lipinski definition) is 3. The molecule has 0 spiro atoms. The van der Waals surface area contributed by atoms with Crippen LogP contribution in [-0.2, 0) is 6.42 Å². The van der Waals surface area contributed by atoms with Gasteiger partial charge in [-0.1, -0.05) is 6.92 Å². The molecule has 1 heterocycles. The predicted molar refractivity (Wildman–Crippen MR) is 59.1 cm³/mol. The van der Waals surface area contributed by atoms with Crippen LogP contribution in [0.25, 0.3) is 0 Å². The number of nitrogens with one attached hydrogen (secondary N) is 1. The second-order valence-corrected chi connectivity index (χ2v) is 4.48. The summed E-state index contributed by atoms with van der Waals surface area (Å²) in [5.41, 5.74) is 3.53. The molecule has 1 unspecified atom stereocenters. The Balaban J connectivity index is 2.67. The fourth-order valence-electron chi connectivity index (χ4n) is 1.54. The van der Waals surface area contributed by atoms with E-state index in [1.165, 1.54) is 11.3 Å². The van der Waals surface area contributed by atoms with Crippen molar-refractivity contribution in [3.8, 4) is 0 Å². The molecule has 0 aliphatic heterocycles. The fraction of sp³-hybridized carbons (Fsp3) is 0.600. The van der Waals surface area contributed by atoms with Gasteiger partial charge >= 0.3 is 6.18 Å². The molecular formula is C10H15F3N2S. The number of hydrazine groups is 1. The van der Waals surface area contributed by atoms with Crippen LogP contribution in [0.5, 0.6) is 0 Å². The maximum absolute atomic E-state index is 12.1. The van der Waals surface area contributed by atoms with Crippen molar-refractivity contribution in [1.82, 2.24) is 5.43 Å². The van der Waals surface area contributed by atoms with Gasteiger partial charge in [-0.25, -0.2) is 0 Å². The second kappa shape index (κ2) is 5.65. The predicted octanol–water partition coefficient (Wildman–Crippen LogP) is 3.16. The largest absolute Gasteiger partial charge is 0.389 e. The third-order valence-electron chi connectivity index (χ3n) is 2.40. The van der Waals surface area contributed by atoms with E-state index in [0.29, 0.717) is 0 Å². The lowest BCUT2D eigenvalue weighted by molar-refractivity contribution is -0.136. The molecule has 1 rings (SSSR count). The Morgan fingerprint density at radius 3 is 2.69 bits per heavy atom. The zero-order chi connectivity index (χ0) is 12.2. The molecule has 1 aromatic heterocycles. The van der Waals surface area contributed by atoms with Gasteiger partial charge in [0, 0.05) is 11.3 Å². The van der Waals surface area contributed by atoms with Crippen LogP contribution in [0.4, 0.5) is 13.2 Å². The highest BCUT2D eigenvalue weighted by Crippen LogP contribution is 2.31. The van der Waals surface area contributed by atoms with Crippen LogP contribution in [-0.4, -0.2) is 6.18 Å². The Kier molecular flexibility index (Phi) is 4.76. The van der Waals surface area contributed by atoms with Gasteiger partial charge in [-0.3, -0.25) is 11.3 Å². The van der Waals surface area contributed by atoms with Gasteiger partial charge in [-0.2, -0.15) is 13.2 Å². The van der Waals surface area contributed by atoms with Crippen molar-refractivity contribution in [2.45, 2.75) is 38.4 Å². The third kappa shape index (κ3) is 3.77. The van der Waals surface area contributed by atoms with Gasteiger partial charge in [-0.15, -0.1) is 11.3 Å². The Labute approximate surface area is 96.6 Å². The summed E-state index contributed by atoms with van der Waals surface area (Å²) in [5, 5.41) is 1.88. The van der Waals surface area contributed by atoms with E-state index in [9.17, 15) is 13.2 Å². The highest BCUT2D eigenvalue weighted by atomic mass is 32.1. The summed E-state index contributed by atoms with van der Waals surface area (Å²) in [7, 11) is 0. The molecule has 0 saturated heterocycles. The van der Waals surface area contributed by atoms with Gasteiger partial charge < -0.3 is 0 Å². The van der Waals surface area contributed by atoms with E-state index in [1.54, 1.807) is 0 Å². The van der Waals surface area contributed by atoms with Crippen molar-refractivity contribution in [3.05, 3.63) is 21.9 Å². The van der Waals surface area contributed by atoms with Crippen molar-refractivity contribution in [2.75, 3.05) is 0 Å². The van der Waals surface area contributed by atoms with Crippen molar-refractivity contribution < 1.29 is 13.2 Å². The lowest BCUT2D eigenvalue weighted by Crippen LogP contribution is -2.29. The number of halogens is 3. The number of rotatable bonds is 5. The molecule has 92 valence electrons. The van der Waals surface area contributed by atoms with Crippen LogP contribution < -0.4 is 11.3 Å². The Morgan fingerprint density at radius 2 is 2.19 bits per heavy atom. The SMILES string of the molecule is CCc1ccsc1C(CCC(F)(F)F)NN. The van der Waals surface area contributed by atoms with E-state index in [-0.39, 0.29) is 6.42 Å². The zero-order valence-electron chi connectivity index (χ0n) is 8.97. The molecular weight excluding hydrogens is 237 g/mol. The number of nitrogens with two attached hydrogens (primary N) is 1. The molecule has 0 bridgehead atoms. The van der Waals surface area contributed by atoms with Gasteiger partial charge in [0.05, 0.1) is 6.04 Å². The topological polar surface area (TPSA) is 38.0 Å². The van der Waals surface area contributed by atoms with Crippen molar-refractivity contribution in [3.63, 3.8) is 0 Å². The monoisotopic (exact) mass is 252 g/mol. The van der Waals surface area contributed by atoms with Crippen LogP contribution in [0.15, 0.2) is 11.4 Å². The minimum absolute atomic E-state index is 0.0203. The highest BCUT2D eigenvalue weighted by Gasteiger charge is 2.29. The number of aryl methyl sites for hydroxylation is 1. The molecule has 0 aliphatic carbocycles. The fourth-order valence-corrected chi connectivity index (χ4v) is 2.64. The number of hydrogen-bond donors (Lipinski definition) is 2. The molecule has 2 nitrogen and oxygen atoms in total. The van der Waals surface area contributed by atoms with Gasteiger partial charge in [0.2, 0.25) is 0 Å². The summed E-state index contributed by atoms with van der Waals surface area (Å²) in [4.78, 5) is 0.911. The summed E-state index contributed by atoms with van der Waals surface area (Å²) >= 11 is 1.45. The summed E-state index contributed by atoms with van der Waals surface area (Å²) in [6, 6.07) is 1.52. The number of thiophene rings is 1. The molecule has 1 aromatic rings. The number of alkyl halides is 3. The van der Waals surface area contributed by atoms with Crippen LogP contribution in [0.2, 0.25) is 0 Å². The first-order valence-electron chi connectivity index (χ1n) is 5.07. The van der Waals surface area contributed by atoms with E-state index < -0.39 is 18.6 Å². The summed E-state index contributed by atoms with van der Waals surface area (Å²) in [6.07, 6.45) is -4.15. The quantitative estimate of drug-likeness (QED) is 0.624. The summed E-state index contributed by atoms with van der Waals surface area (Å²) in [6.45, 7) is 1.98. The van der Waals surface area contributed by atoms with Crippen LogP contribution in [0, 0.1) is 0 Å². The van der Waals surface area contributed by atoms with Crippen molar-refractivity contribution >= 4 is 11.3 Å². The van der Waals surface area contributed by atoms with Crippen molar-refractivity contribution in [2.24, 2.45) is 5.84 Å². The molecule has 0 saturated carbocycles. The summed E-state index contributed by atoms with van der Waals surface area (Å²) in [5.74, 6) is 5.31. The first-order valence-corrected chi connectivity index (χ1v) is 5.95. The molecule has 6 heteroatoms. The Hall–Kier alpha value is -0.590. The van der Waals surface area contributed by atoms with E-state index in [1.807, 2.05) is 18.4 Å². The lowest BCUT2D eigenvalue weighted by atomic mass is 10.1. The smallest absolute Gasteiger partial charge is 0.271 e. The molecule has 16 heavy (non-hydrogen) atoms. The van der Waals surface area contributed by atoms with Crippen LogP contribution in [0.3, 0.4) is 0 Å². The van der Waals surface area contributed by atoms with E-state index in [4.69, 9.17) is 5.84 Å². The Bertz CT molecular complexity index is 322. The molecule has 1 atom stereocenters. The van der Waals surface area contributed by atoms with Crippen LogP contribution >= 0.6 is 11.3 Å². The van der Waals surface area contributed by atoms with Gasteiger partial charge in [-0.05, 0) is 29.9 Å². The van der Waals surface area contributed by atoms with E-state index in [0.717, 1.165) is 16.9 Å². The molecule has 0 radical (unpaired) electrons. The highest BCUT2D eigenvalue weighted by molar-refractivity contribution is 7.10.